The third-order valence-electron chi connectivity index (χ3n) is 16.4. The van der Waals surface area contributed by atoms with Gasteiger partial charge in [-0.15, -0.1) is 0 Å². The second-order valence-corrected chi connectivity index (χ2v) is 20.6. The molecular formula is C69H50N2. The maximum Gasteiger partial charge on any atom is 0.0537 e. The zero-order valence-corrected chi connectivity index (χ0v) is 40.0. The van der Waals surface area contributed by atoms with Crippen molar-refractivity contribution in [1.82, 2.24) is 9.13 Å². The van der Waals surface area contributed by atoms with E-state index in [0.717, 1.165) is 25.7 Å². The van der Waals surface area contributed by atoms with Gasteiger partial charge < -0.3 is 9.13 Å². The lowest BCUT2D eigenvalue weighted by Crippen LogP contribution is -2.14. The molecule has 2 aromatic heterocycles. The van der Waals surface area contributed by atoms with Gasteiger partial charge in [0.25, 0.3) is 0 Å². The van der Waals surface area contributed by atoms with Crippen molar-refractivity contribution >= 4 is 66.3 Å². The summed E-state index contributed by atoms with van der Waals surface area (Å²) in [7, 11) is 0. The third-order valence-corrected chi connectivity index (χ3v) is 16.4. The molecule has 15 rings (SSSR count). The van der Waals surface area contributed by atoms with E-state index in [4.69, 9.17) is 0 Å². The summed E-state index contributed by atoms with van der Waals surface area (Å²) in [5, 5.41) is 10.2. The summed E-state index contributed by atoms with van der Waals surface area (Å²) in [6, 6.07) is 73.9. The van der Waals surface area contributed by atoms with E-state index in [9.17, 15) is 0 Å². The van der Waals surface area contributed by atoms with Crippen molar-refractivity contribution in [1.29, 1.82) is 0 Å². The number of hydrogen-bond acceptors (Lipinski definition) is 0. The van der Waals surface area contributed by atoms with Gasteiger partial charge in [-0.3, -0.25) is 0 Å². The Labute approximate surface area is 414 Å². The molecule has 2 heterocycles. The van der Waals surface area contributed by atoms with Crippen LogP contribution in [0.2, 0.25) is 0 Å². The second kappa shape index (κ2) is 15.3. The first-order valence-electron chi connectivity index (χ1n) is 25.4. The molecule has 3 aliphatic carbocycles. The fourth-order valence-corrected chi connectivity index (χ4v) is 13.1. The average molecular weight is 907 g/mol. The van der Waals surface area contributed by atoms with Crippen molar-refractivity contribution < 1.29 is 0 Å². The lowest BCUT2D eigenvalue weighted by atomic mass is 9.80. The van der Waals surface area contributed by atoms with E-state index in [1.54, 1.807) is 0 Å². The van der Waals surface area contributed by atoms with Crippen LogP contribution in [0.15, 0.2) is 206 Å². The van der Waals surface area contributed by atoms with E-state index in [0.29, 0.717) is 0 Å². The Kier molecular flexibility index (Phi) is 8.69. The molecule has 12 aromatic rings. The SMILES string of the molecule is CC1(C)c2ccccc2-c2ccc(-c3c4ccc(-n5c6c(c7ccccc75)CCC=C6)cc4c(-c4cccc(-c5ccc6ccccc6c5)c4)c4ccc(-n5c6c(c7ccccc75)C=CCC6)cc34)cc21. The second-order valence-electron chi connectivity index (χ2n) is 20.6. The minimum Gasteiger partial charge on any atom is -0.313 e. The van der Waals surface area contributed by atoms with Gasteiger partial charge in [0, 0.05) is 44.5 Å². The van der Waals surface area contributed by atoms with Crippen LogP contribution >= 0.6 is 0 Å². The maximum absolute atomic E-state index is 2.56. The van der Waals surface area contributed by atoms with Crippen molar-refractivity contribution in [2.24, 2.45) is 0 Å². The largest absolute Gasteiger partial charge is 0.313 e. The number of allylic oxidation sites excluding steroid dienone is 2. The summed E-state index contributed by atoms with van der Waals surface area (Å²) in [5.74, 6) is 0. The summed E-state index contributed by atoms with van der Waals surface area (Å²) in [4.78, 5) is 0. The highest BCUT2D eigenvalue weighted by atomic mass is 15.0. The Morgan fingerprint density at radius 3 is 1.85 bits per heavy atom. The van der Waals surface area contributed by atoms with Crippen molar-refractivity contribution in [2.75, 3.05) is 0 Å². The molecule has 10 aromatic carbocycles. The Balaban J connectivity index is 1.06. The molecule has 2 heteroatoms. The summed E-state index contributed by atoms with van der Waals surface area (Å²) < 4.78 is 5.08. The molecule has 0 saturated carbocycles. The van der Waals surface area contributed by atoms with Gasteiger partial charge >= 0.3 is 0 Å². The first-order chi connectivity index (χ1) is 35.0. The van der Waals surface area contributed by atoms with Gasteiger partial charge in [0.2, 0.25) is 0 Å². The molecule has 0 saturated heterocycles. The zero-order valence-electron chi connectivity index (χ0n) is 40.0. The number of hydrogen-bond donors (Lipinski definition) is 0. The molecule has 0 atom stereocenters. The van der Waals surface area contributed by atoms with Gasteiger partial charge in [0.15, 0.2) is 0 Å². The number of para-hydroxylation sites is 2. The van der Waals surface area contributed by atoms with Crippen LogP contribution in [0.4, 0.5) is 0 Å². The highest BCUT2D eigenvalue weighted by Crippen LogP contribution is 2.52. The topological polar surface area (TPSA) is 9.86 Å². The summed E-state index contributed by atoms with van der Waals surface area (Å²) in [6.45, 7) is 4.80. The summed E-state index contributed by atoms with van der Waals surface area (Å²) in [5.41, 5.74) is 23.1. The van der Waals surface area contributed by atoms with Gasteiger partial charge in [-0.05, 0) is 180 Å². The third kappa shape index (κ3) is 5.95. The van der Waals surface area contributed by atoms with Crippen molar-refractivity contribution in [3.63, 3.8) is 0 Å². The molecule has 0 bridgehead atoms. The van der Waals surface area contributed by atoms with Crippen molar-refractivity contribution in [3.05, 3.63) is 240 Å². The van der Waals surface area contributed by atoms with Crippen LogP contribution in [0.3, 0.4) is 0 Å². The first kappa shape index (κ1) is 40.4. The van der Waals surface area contributed by atoms with E-state index >= 15 is 0 Å². The zero-order chi connectivity index (χ0) is 47.0. The molecule has 2 nitrogen and oxygen atoms in total. The number of fused-ring (bicyclic) bond motifs is 12. The molecule has 0 aliphatic heterocycles. The van der Waals surface area contributed by atoms with Gasteiger partial charge in [-0.2, -0.15) is 0 Å². The van der Waals surface area contributed by atoms with E-state index in [2.05, 4.69) is 241 Å². The Hall–Kier alpha value is -8.46. The number of aryl methyl sites for hydroxylation is 1. The molecule has 71 heavy (non-hydrogen) atoms. The van der Waals surface area contributed by atoms with Crippen LogP contribution in [0.5, 0.6) is 0 Å². The minimum absolute atomic E-state index is 0.145. The van der Waals surface area contributed by atoms with Crippen LogP contribution in [-0.2, 0) is 18.3 Å². The predicted molar refractivity (Wildman–Crippen MR) is 301 cm³/mol. The van der Waals surface area contributed by atoms with E-state index < -0.39 is 0 Å². The average Bonchev–Trinajstić information content (AvgIpc) is 4.02. The molecule has 0 amide bonds. The standard InChI is InChI=1S/C69H50N2/c1-69(2)61-25-10-5-20-51(61)52-35-32-48(40-62(52)69)68-58-37-34-49(70-63-26-11-6-21-53(63)54-22-7-12-27-64(54)70)41-59(58)67(47-19-15-18-45(39-47)46-31-30-43-16-3-4-17-44(43)38-46)57-36-33-50(42-60(57)68)71-65-28-13-8-23-55(65)56-24-9-14-29-66(56)71/h3-6,8-13,15-21,23-28,30-42H,7,14,22,29H2,1-2H3. The van der Waals surface area contributed by atoms with Gasteiger partial charge in [-0.25, -0.2) is 0 Å². The fourth-order valence-electron chi connectivity index (χ4n) is 13.1. The Morgan fingerprint density at radius 1 is 0.394 bits per heavy atom. The molecule has 336 valence electrons. The van der Waals surface area contributed by atoms with E-state index in [1.807, 2.05) is 0 Å². The lowest BCUT2D eigenvalue weighted by molar-refractivity contribution is 0.660. The highest BCUT2D eigenvalue weighted by Gasteiger charge is 2.36. The van der Waals surface area contributed by atoms with Crippen LogP contribution in [0, 0.1) is 0 Å². The normalized spacial score (nSPS) is 14.4. The van der Waals surface area contributed by atoms with Gasteiger partial charge in [0.1, 0.15) is 0 Å². The molecule has 0 radical (unpaired) electrons. The number of rotatable bonds is 5. The monoisotopic (exact) mass is 906 g/mol. The predicted octanol–water partition coefficient (Wildman–Crippen LogP) is 18.3. The Bertz CT molecular complexity index is 4310. The molecule has 0 fully saturated rings. The van der Waals surface area contributed by atoms with Crippen LogP contribution in [0.25, 0.3) is 122 Å². The number of benzene rings is 10. The van der Waals surface area contributed by atoms with Crippen molar-refractivity contribution in [3.8, 4) is 55.9 Å². The first-order valence-corrected chi connectivity index (χ1v) is 25.4. The lowest BCUT2D eigenvalue weighted by Gasteiger charge is -2.24. The van der Waals surface area contributed by atoms with Crippen molar-refractivity contribution in [2.45, 2.75) is 44.9 Å². The van der Waals surface area contributed by atoms with Gasteiger partial charge in [-0.1, -0.05) is 172 Å². The van der Waals surface area contributed by atoms with E-state index in [-0.39, 0.29) is 5.41 Å². The quantitative estimate of drug-likeness (QED) is 0.152. The highest BCUT2D eigenvalue weighted by molar-refractivity contribution is 6.22. The summed E-state index contributed by atoms with van der Waals surface area (Å²) >= 11 is 0. The van der Waals surface area contributed by atoms with Gasteiger partial charge in [0.05, 0.1) is 11.0 Å². The summed E-state index contributed by atoms with van der Waals surface area (Å²) in [6.07, 6.45) is 13.5. The molecular weight excluding hydrogens is 857 g/mol. The van der Waals surface area contributed by atoms with Crippen LogP contribution < -0.4 is 0 Å². The molecule has 0 unspecified atom stereocenters. The van der Waals surface area contributed by atoms with E-state index in [1.165, 1.54) is 144 Å². The number of nitrogens with zero attached hydrogens (tertiary/aromatic N) is 2. The molecule has 3 aliphatic rings. The Morgan fingerprint density at radius 2 is 1.01 bits per heavy atom. The van der Waals surface area contributed by atoms with Crippen LogP contribution in [0.1, 0.15) is 60.3 Å². The minimum atomic E-state index is -0.145. The maximum atomic E-state index is 2.56. The molecule has 0 N–H and O–H groups in total. The smallest absolute Gasteiger partial charge is 0.0537 e. The fraction of sp³-hybridized carbons (Fsp3) is 0.101. The van der Waals surface area contributed by atoms with Crippen LogP contribution in [-0.4, -0.2) is 9.13 Å². The number of aromatic nitrogens is 2. The molecule has 0 spiro atoms.